The van der Waals surface area contributed by atoms with Gasteiger partial charge in [0, 0.05) is 44.3 Å². The summed E-state index contributed by atoms with van der Waals surface area (Å²) in [6, 6.07) is 14.4. The minimum absolute atomic E-state index is 0.319. The molecule has 3 heterocycles. The molecule has 0 bridgehead atoms. The van der Waals surface area contributed by atoms with Gasteiger partial charge in [-0.25, -0.2) is 14.7 Å². The second-order valence-corrected chi connectivity index (χ2v) is 7.42. The lowest BCUT2D eigenvalue weighted by molar-refractivity contribution is 0.415. The fraction of sp³-hybridized carbons (Fsp3) is 0.348. The topological polar surface area (TPSA) is 79.6 Å². The van der Waals surface area contributed by atoms with Crippen LogP contribution in [-0.4, -0.2) is 53.5 Å². The van der Waals surface area contributed by atoms with Gasteiger partial charge in [-0.1, -0.05) is 12.1 Å². The van der Waals surface area contributed by atoms with Gasteiger partial charge in [-0.05, 0) is 49.2 Å². The molecule has 1 saturated heterocycles. The average molecular weight is 420 g/mol. The molecular formula is C23H29N7O. The van der Waals surface area contributed by atoms with Gasteiger partial charge in [0.1, 0.15) is 5.75 Å². The predicted octanol–water partition coefficient (Wildman–Crippen LogP) is 2.61. The van der Waals surface area contributed by atoms with Gasteiger partial charge in [0.15, 0.2) is 11.8 Å². The van der Waals surface area contributed by atoms with Gasteiger partial charge in [-0.15, -0.1) is 0 Å². The van der Waals surface area contributed by atoms with E-state index in [1.54, 1.807) is 24.2 Å². The Kier molecular flexibility index (Phi) is 6.66. The maximum absolute atomic E-state index is 5.53. The Hall–Kier alpha value is -3.55. The number of pyridine rings is 1. The number of methoxy groups -OCH3 is 1. The molecule has 162 valence electrons. The summed E-state index contributed by atoms with van der Waals surface area (Å²) in [7, 11) is 1.72. The SMILES string of the molecule is CCNC(=NCc1ccnc(-n2cccn2)c1)NC1CCN(c2ccccc2OC)C1. The van der Waals surface area contributed by atoms with Crippen molar-refractivity contribution in [3.05, 3.63) is 66.6 Å². The van der Waals surface area contributed by atoms with Gasteiger partial charge < -0.3 is 20.3 Å². The van der Waals surface area contributed by atoms with Crippen molar-refractivity contribution in [2.45, 2.75) is 25.9 Å². The Labute approximate surface area is 183 Å². The second kappa shape index (κ2) is 9.97. The fourth-order valence-electron chi connectivity index (χ4n) is 3.76. The summed E-state index contributed by atoms with van der Waals surface area (Å²) in [5.41, 5.74) is 2.22. The zero-order chi connectivity index (χ0) is 21.5. The first-order chi connectivity index (χ1) is 15.3. The number of guanidine groups is 1. The highest BCUT2D eigenvalue weighted by atomic mass is 16.5. The first-order valence-electron chi connectivity index (χ1n) is 10.6. The molecule has 4 rings (SSSR count). The summed E-state index contributed by atoms with van der Waals surface area (Å²) in [5.74, 6) is 2.53. The van der Waals surface area contributed by atoms with Crippen LogP contribution in [0.5, 0.6) is 5.75 Å². The number of nitrogens with one attached hydrogen (secondary N) is 2. The van der Waals surface area contributed by atoms with E-state index in [9.17, 15) is 0 Å². The van der Waals surface area contributed by atoms with Crippen LogP contribution in [0.2, 0.25) is 0 Å². The van der Waals surface area contributed by atoms with Crippen molar-refractivity contribution >= 4 is 11.6 Å². The smallest absolute Gasteiger partial charge is 0.191 e. The van der Waals surface area contributed by atoms with E-state index in [2.05, 4.69) is 44.7 Å². The van der Waals surface area contributed by atoms with Crippen LogP contribution in [-0.2, 0) is 6.54 Å². The molecule has 0 saturated carbocycles. The summed E-state index contributed by atoms with van der Waals surface area (Å²) >= 11 is 0. The molecule has 1 atom stereocenters. The Morgan fingerprint density at radius 1 is 1.23 bits per heavy atom. The zero-order valence-electron chi connectivity index (χ0n) is 18.0. The number of para-hydroxylation sites is 2. The van der Waals surface area contributed by atoms with E-state index >= 15 is 0 Å². The lowest BCUT2D eigenvalue weighted by Gasteiger charge is -2.22. The van der Waals surface area contributed by atoms with Crippen LogP contribution in [0.1, 0.15) is 18.9 Å². The Bertz CT molecular complexity index is 1000. The highest BCUT2D eigenvalue weighted by Gasteiger charge is 2.25. The number of anilines is 1. The number of rotatable bonds is 7. The molecule has 1 aromatic carbocycles. The van der Waals surface area contributed by atoms with Crippen LogP contribution in [0.25, 0.3) is 5.82 Å². The van der Waals surface area contributed by atoms with Crippen LogP contribution >= 0.6 is 0 Å². The molecule has 2 aromatic heterocycles. The molecule has 1 fully saturated rings. The minimum Gasteiger partial charge on any atom is -0.495 e. The molecule has 31 heavy (non-hydrogen) atoms. The molecule has 0 aliphatic carbocycles. The van der Waals surface area contributed by atoms with Crippen LogP contribution in [0.4, 0.5) is 5.69 Å². The Morgan fingerprint density at radius 2 is 2.13 bits per heavy atom. The largest absolute Gasteiger partial charge is 0.495 e. The third-order valence-corrected chi connectivity index (χ3v) is 5.27. The number of hydrogen-bond acceptors (Lipinski definition) is 5. The van der Waals surface area contributed by atoms with Crippen molar-refractivity contribution in [2.24, 2.45) is 4.99 Å². The Morgan fingerprint density at radius 3 is 2.94 bits per heavy atom. The number of hydrogen-bond donors (Lipinski definition) is 2. The molecule has 1 aliphatic heterocycles. The molecule has 3 aromatic rings. The van der Waals surface area contributed by atoms with E-state index in [1.807, 2.05) is 36.5 Å². The van der Waals surface area contributed by atoms with E-state index in [4.69, 9.17) is 9.73 Å². The standard InChI is InChI=1S/C23H29N7O/c1-3-24-23(26-16-18-9-12-25-22(15-18)30-13-6-11-27-30)28-19-10-14-29(17-19)20-7-4-5-8-21(20)31-2/h4-9,11-13,15,19H,3,10,14,16-17H2,1-2H3,(H2,24,26,28). The Balaban J connectivity index is 1.40. The summed E-state index contributed by atoms with van der Waals surface area (Å²) in [4.78, 5) is 11.5. The summed E-state index contributed by atoms with van der Waals surface area (Å²) < 4.78 is 7.28. The second-order valence-electron chi connectivity index (χ2n) is 7.42. The van der Waals surface area contributed by atoms with Crippen molar-refractivity contribution in [3.8, 4) is 11.6 Å². The van der Waals surface area contributed by atoms with Gasteiger partial charge in [-0.2, -0.15) is 5.10 Å². The fourth-order valence-corrected chi connectivity index (χ4v) is 3.76. The maximum Gasteiger partial charge on any atom is 0.191 e. The average Bonchev–Trinajstić information content (AvgIpc) is 3.50. The number of benzene rings is 1. The minimum atomic E-state index is 0.319. The van der Waals surface area contributed by atoms with Gasteiger partial charge in [0.25, 0.3) is 0 Å². The zero-order valence-corrected chi connectivity index (χ0v) is 18.0. The summed E-state index contributed by atoms with van der Waals surface area (Å²) in [5, 5.41) is 11.2. The van der Waals surface area contributed by atoms with E-state index in [0.717, 1.165) is 54.8 Å². The van der Waals surface area contributed by atoms with Gasteiger partial charge in [0.05, 0.1) is 19.3 Å². The molecular weight excluding hydrogens is 390 g/mol. The molecule has 0 amide bonds. The van der Waals surface area contributed by atoms with Crippen molar-refractivity contribution in [1.82, 2.24) is 25.4 Å². The van der Waals surface area contributed by atoms with E-state index in [1.165, 1.54) is 0 Å². The van der Waals surface area contributed by atoms with Gasteiger partial charge >= 0.3 is 0 Å². The monoisotopic (exact) mass is 419 g/mol. The van der Waals surface area contributed by atoms with Crippen molar-refractivity contribution in [3.63, 3.8) is 0 Å². The first kappa shape index (κ1) is 20.7. The maximum atomic E-state index is 5.53. The van der Waals surface area contributed by atoms with E-state index < -0.39 is 0 Å². The van der Waals surface area contributed by atoms with Gasteiger partial charge in [-0.3, -0.25) is 0 Å². The summed E-state index contributed by atoms with van der Waals surface area (Å²) in [6.07, 6.45) is 6.47. The third-order valence-electron chi connectivity index (χ3n) is 5.27. The van der Waals surface area contributed by atoms with Crippen molar-refractivity contribution in [1.29, 1.82) is 0 Å². The highest BCUT2D eigenvalue weighted by molar-refractivity contribution is 5.80. The van der Waals surface area contributed by atoms with Crippen LogP contribution in [0.15, 0.2) is 66.0 Å². The number of aliphatic imine (C=N–C) groups is 1. The van der Waals surface area contributed by atoms with E-state index in [-0.39, 0.29) is 0 Å². The van der Waals surface area contributed by atoms with Crippen molar-refractivity contribution < 1.29 is 4.74 Å². The molecule has 1 unspecified atom stereocenters. The highest BCUT2D eigenvalue weighted by Crippen LogP contribution is 2.30. The first-order valence-corrected chi connectivity index (χ1v) is 10.6. The molecule has 0 radical (unpaired) electrons. The number of ether oxygens (including phenoxy) is 1. The predicted molar refractivity (Wildman–Crippen MR) is 123 cm³/mol. The molecule has 0 spiro atoms. The third kappa shape index (κ3) is 5.14. The normalized spacial score (nSPS) is 16.4. The van der Waals surface area contributed by atoms with Crippen molar-refractivity contribution in [2.75, 3.05) is 31.6 Å². The quantitative estimate of drug-likeness (QED) is 0.453. The van der Waals surface area contributed by atoms with Crippen LogP contribution in [0, 0.1) is 0 Å². The van der Waals surface area contributed by atoms with Gasteiger partial charge in [0.2, 0.25) is 0 Å². The van der Waals surface area contributed by atoms with Crippen LogP contribution < -0.4 is 20.3 Å². The van der Waals surface area contributed by atoms with Crippen LogP contribution in [0.3, 0.4) is 0 Å². The number of nitrogens with zero attached hydrogens (tertiary/aromatic N) is 5. The lowest BCUT2D eigenvalue weighted by Crippen LogP contribution is -2.44. The molecule has 8 nitrogen and oxygen atoms in total. The molecule has 8 heteroatoms. The number of aromatic nitrogens is 3. The summed E-state index contributed by atoms with van der Waals surface area (Å²) in [6.45, 7) is 5.34. The lowest BCUT2D eigenvalue weighted by atomic mass is 10.2. The molecule has 1 aliphatic rings. The van der Waals surface area contributed by atoms with E-state index in [0.29, 0.717) is 12.6 Å². The molecule has 2 N–H and O–H groups in total.